The smallest absolute Gasteiger partial charge is 0.254 e. The predicted molar refractivity (Wildman–Crippen MR) is 111 cm³/mol. The van der Waals surface area contributed by atoms with Crippen LogP contribution >= 0.6 is 11.3 Å². The maximum Gasteiger partial charge on any atom is 0.254 e. The van der Waals surface area contributed by atoms with Gasteiger partial charge in [0.1, 0.15) is 4.83 Å². The maximum atomic E-state index is 12.8. The van der Waals surface area contributed by atoms with E-state index in [-0.39, 0.29) is 11.9 Å². The molecule has 0 spiro atoms. The molecule has 0 aliphatic carbocycles. The van der Waals surface area contributed by atoms with Gasteiger partial charge in [-0.25, -0.2) is 0 Å². The number of aromatic nitrogens is 2. The molecule has 2 N–H and O–H groups in total. The average Bonchev–Trinajstić information content (AvgIpc) is 3.39. The van der Waals surface area contributed by atoms with Crippen molar-refractivity contribution in [2.75, 3.05) is 18.8 Å². The number of piperazine rings is 1. The third-order valence-electron chi connectivity index (χ3n) is 6.19. The monoisotopic (exact) mass is 393 g/mol. The minimum Gasteiger partial charge on any atom is -0.397 e. The van der Waals surface area contributed by atoms with Gasteiger partial charge in [-0.3, -0.25) is 9.69 Å². The molecule has 4 heterocycles. The van der Waals surface area contributed by atoms with E-state index in [0.717, 1.165) is 63.7 Å². The average molecular weight is 394 g/mol. The van der Waals surface area contributed by atoms with Crippen molar-refractivity contribution in [3.8, 4) is 0 Å². The molecule has 0 saturated carbocycles. The molecule has 28 heavy (non-hydrogen) atoms. The van der Waals surface area contributed by atoms with Crippen molar-refractivity contribution in [3.05, 3.63) is 52.0 Å². The number of aryl methyl sites for hydroxylation is 2. The Hall–Kier alpha value is -2.51. The molecular formula is C21H23N5OS. The molecule has 7 heteroatoms. The molecule has 2 aliphatic rings. The zero-order valence-electron chi connectivity index (χ0n) is 16.1. The maximum absolute atomic E-state index is 12.8. The predicted octanol–water partition coefficient (Wildman–Crippen LogP) is 2.99. The van der Waals surface area contributed by atoms with Gasteiger partial charge in [-0.2, -0.15) is 5.10 Å². The first-order valence-electron chi connectivity index (χ1n) is 9.63. The number of fused-ring (bicyclic) bond motifs is 3. The van der Waals surface area contributed by atoms with Crippen molar-refractivity contribution in [2.24, 2.45) is 0 Å². The first-order valence-corrected chi connectivity index (χ1v) is 10.5. The number of nitrogens with two attached hydrogens (primary N) is 1. The summed E-state index contributed by atoms with van der Waals surface area (Å²) in [7, 11) is 0. The summed E-state index contributed by atoms with van der Waals surface area (Å²) in [6.45, 7) is 6.54. The zero-order chi connectivity index (χ0) is 19.4. The fourth-order valence-electron chi connectivity index (χ4n) is 4.53. The highest BCUT2D eigenvalue weighted by Crippen LogP contribution is 2.39. The summed E-state index contributed by atoms with van der Waals surface area (Å²) in [6, 6.07) is 10.3. The van der Waals surface area contributed by atoms with Gasteiger partial charge in [-0.15, -0.1) is 16.4 Å². The number of nitrogens with zero attached hydrogens (tertiary/aromatic N) is 4. The topological polar surface area (TPSA) is 75.4 Å². The minimum atomic E-state index is 0.149. The largest absolute Gasteiger partial charge is 0.397 e. The SMILES string of the molecule is Cc1nnc2sc(CN3C[C@@H]4C[C@@H]3CN4C(=O)c3ccccc3)c(N)c2c1C. The number of hydrogen-bond donors (Lipinski definition) is 1. The van der Waals surface area contributed by atoms with Gasteiger partial charge in [0.15, 0.2) is 0 Å². The molecular weight excluding hydrogens is 370 g/mol. The Morgan fingerprint density at radius 2 is 1.96 bits per heavy atom. The van der Waals surface area contributed by atoms with Gasteiger partial charge in [0.05, 0.1) is 11.4 Å². The highest BCUT2D eigenvalue weighted by molar-refractivity contribution is 7.19. The van der Waals surface area contributed by atoms with Crippen molar-refractivity contribution in [1.29, 1.82) is 0 Å². The summed E-state index contributed by atoms with van der Waals surface area (Å²) < 4.78 is 0. The van der Waals surface area contributed by atoms with Crippen molar-refractivity contribution in [3.63, 3.8) is 0 Å². The Morgan fingerprint density at radius 3 is 2.68 bits per heavy atom. The van der Waals surface area contributed by atoms with Crippen LogP contribution in [0.5, 0.6) is 0 Å². The fraction of sp³-hybridized carbons (Fsp3) is 0.381. The Bertz CT molecular complexity index is 1060. The second-order valence-corrected chi connectivity index (χ2v) is 8.91. The van der Waals surface area contributed by atoms with Gasteiger partial charge in [-0.1, -0.05) is 18.2 Å². The van der Waals surface area contributed by atoms with Crippen molar-refractivity contribution in [2.45, 2.75) is 38.9 Å². The van der Waals surface area contributed by atoms with Gasteiger partial charge in [0.25, 0.3) is 5.91 Å². The van der Waals surface area contributed by atoms with E-state index < -0.39 is 0 Å². The van der Waals surface area contributed by atoms with E-state index in [9.17, 15) is 4.79 Å². The number of rotatable bonds is 3. The van der Waals surface area contributed by atoms with Crippen LogP contribution in [0.25, 0.3) is 10.2 Å². The lowest BCUT2D eigenvalue weighted by Gasteiger charge is -2.34. The van der Waals surface area contributed by atoms with Crippen LogP contribution in [0.15, 0.2) is 30.3 Å². The summed E-state index contributed by atoms with van der Waals surface area (Å²) in [5, 5.41) is 9.62. The summed E-state index contributed by atoms with van der Waals surface area (Å²) in [5.74, 6) is 0.149. The van der Waals surface area contributed by atoms with Crippen molar-refractivity contribution >= 4 is 33.1 Å². The molecule has 2 aliphatic heterocycles. The minimum absolute atomic E-state index is 0.149. The van der Waals surface area contributed by atoms with Gasteiger partial charge >= 0.3 is 0 Å². The lowest BCUT2D eigenvalue weighted by atomic mass is 10.1. The number of amides is 1. The number of hydrogen-bond acceptors (Lipinski definition) is 6. The molecule has 144 valence electrons. The zero-order valence-corrected chi connectivity index (χ0v) is 16.9. The van der Waals surface area contributed by atoms with Crippen LogP contribution in [0.1, 0.15) is 32.9 Å². The second kappa shape index (κ2) is 6.53. The molecule has 2 aromatic heterocycles. The number of likely N-dealkylation sites (tertiary alicyclic amines) is 2. The van der Waals surface area contributed by atoms with Gasteiger partial charge in [0.2, 0.25) is 0 Å². The highest BCUT2D eigenvalue weighted by Gasteiger charge is 2.45. The van der Waals surface area contributed by atoms with Crippen LogP contribution in [-0.2, 0) is 6.54 Å². The Labute approximate surface area is 168 Å². The molecule has 2 bridgehead atoms. The molecule has 6 nitrogen and oxygen atoms in total. The van der Waals surface area contributed by atoms with E-state index in [0.29, 0.717) is 6.04 Å². The van der Waals surface area contributed by atoms with Gasteiger partial charge in [0, 0.05) is 47.5 Å². The molecule has 2 saturated heterocycles. The molecule has 0 unspecified atom stereocenters. The van der Waals surface area contributed by atoms with E-state index in [2.05, 4.69) is 22.0 Å². The third kappa shape index (κ3) is 2.69. The molecule has 0 radical (unpaired) electrons. The molecule has 1 amide bonds. The lowest BCUT2D eigenvalue weighted by Crippen LogP contribution is -2.48. The molecule has 3 aromatic rings. The first kappa shape index (κ1) is 17.6. The first-order chi connectivity index (χ1) is 13.5. The number of anilines is 1. The summed E-state index contributed by atoms with van der Waals surface area (Å²) in [6.07, 6.45) is 1.04. The van der Waals surface area contributed by atoms with Crippen molar-refractivity contribution in [1.82, 2.24) is 20.0 Å². The summed E-state index contributed by atoms with van der Waals surface area (Å²) in [5.41, 5.74) is 10.2. The summed E-state index contributed by atoms with van der Waals surface area (Å²) >= 11 is 1.64. The molecule has 2 atom stereocenters. The number of nitrogen functional groups attached to an aromatic ring is 1. The van der Waals surface area contributed by atoms with Gasteiger partial charge < -0.3 is 10.6 Å². The normalized spacial score (nSPS) is 21.7. The van der Waals surface area contributed by atoms with Crippen LogP contribution in [0.2, 0.25) is 0 Å². The highest BCUT2D eigenvalue weighted by atomic mass is 32.1. The fourth-order valence-corrected chi connectivity index (χ4v) is 5.65. The molecule has 1 aromatic carbocycles. The molecule has 2 fully saturated rings. The number of benzene rings is 1. The Kier molecular flexibility index (Phi) is 4.10. The second-order valence-electron chi connectivity index (χ2n) is 7.83. The quantitative estimate of drug-likeness (QED) is 0.740. The lowest BCUT2D eigenvalue weighted by molar-refractivity contribution is 0.0617. The summed E-state index contributed by atoms with van der Waals surface area (Å²) in [4.78, 5) is 19.4. The van der Waals surface area contributed by atoms with Crippen molar-refractivity contribution < 1.29 is 4.79 Å². The van der Waals surface area contributed by atoms with E-state index in [1.165, 1.54) is 0 Å². The standard InChI is InChI=1S/C21H23N5OS/c1-12-13(2)23-24-20-18(12)19(22)17(28-20)11-25-9-16-8-15(25)10-26(16)21(27)14-6-4-3-5-7-14/h3-7,15-16H,8-11,22H2,1-2H3/t15-,16+/m1/s1. The Balaban J connectivity index is 1.33. The van der Waals surface area contributed by atoms with Crippen LogP contribution in [0.3, 0.4) is 0 Å². The number of carbonyl (C=O) groups is 1. The van der Waals surface area contributed by atoms with E-state index in [4.69, 9.17) is 5.73 Å². The van der Waals surface area contributed by atoms with Crippen LogP contribution in [0.4, 0.5) is 5.69 Å². The third-order valence-corrected chi connectivity index (χ3v) is 7.27. The number of thiophene rings is 1. The van der Waals surface area contributed by atoms with Crippen LogP contribution < -0.4 is 5.73 Å². The van der Waals surface area contributed by atoms with Gasteiger partial charge in [-0.05, 0) is 38.0 Å². The van der Waals surface area contributed by atoms with Crippen LogP contribution in [0, 0.1) is 13.8 Å². The van der Waals surface area contributed by atoms with Crippen LogP contribution in [-0.4, -0.2) is 51.1 Å². The molecule has 5 rings (SSSR count). The van der Waals surface area contributed by atoms with E-state index in [1.807, 2.05) is 42.2 Å². The van der Waals surface area contributed by atoms with E-state index >= 15 is 0 Å². The van der Waals surface area contributed by atoms with E-state index in [1.54, 1.807) is 11.3 Å². The number of carbonyl (C=O) groups excluding carboxylic acids is 1. The Morgan fingerprint density at radius 1 is 1.18 bits per heavy atom.